The molecule has 0 aliphatic carbocycles. The molecular weight excluding hydrogens is 252 g/mol. The van der Waals surface area contributed by atoms with Gasteiger partial charge in [0.2, 0.25) is 11.6 Å². The molecule has 2 rings (SSSR count). The Morgan fingerprint density at radius 1 is 1.47 bits per heavy atom. The Morgan fingerprint density at radius 2 is 2.21 bits per heavy atom. The van der Waals surface area contributed by atoms with Gasteiger partial charge in [0.15, 0.2) is 0 Å². The SMILES string of the molecule is COc1c(-c2nnc(C(C)N)o2)cccc1[N+](=O)[O-]. The van der Waals surface area contributed by atoms with Crippen molar-refractivity contribution >= 4 is 5.69 Å². The quantitative estimate of drug-likeness (QED) is 0.659. The maximum Gasteiger partial charge on any atom is 0.311 e. The highest BCUT2D eigenvalue weighted by Gasteiger charge is 2.23. The van der Waals surface area contributed by atoms with E-state index in [-0.39, 0.29) is 23.2 Å². The zero-order valence-corrected chi connectivity index (χ0v) is 10.4. The first kappa shape index (κ1) is 13.0. The summed E-state index contributed by atoms with van der Waals surface area (Å²) < 4.78 is 10.4. The minimum absolute atomic E-state index is 0.0763. The number of hydrogen-bond donors (Lipinski definition) is 1. The molecule has 1 unspecified atom stereocenters. The molecule has 0 amide bonds. The molecule has 0 bridgehead atoms. The summed E-state index contributed by atoms with van der Waals surface area (Å²) >= 11 is 0. The molecule has 0 spiro atoms. The maximum atomic E-state index is 10.9. The Bertz CT molecular complexity index is 608. The van der Waals surface area contributed by atoms with Crippen LogP contribution in [0.4, 0.5) is 5.69 Å². The van der Waals surface area contributed by atoms with E-state index in [2.05, 4.69) is 10.2 Å². The number of hydrogen-bond acceptors (Lipinski definition) is 7. The number of nitro groups is 1. The Kier molecular flexibility index (Phi) is 3.43. The molecule has 1 atom stereocenters. The van der Waals surface area contributed by atoms with Crippen molar-refractivity contribution in [3.05, 3.63) is 34.2 Å². The van der Waals surface area contributed by atoms with E-state index in [0.29, 0.717) is 5.56 Å². The van der Waals surface area contributed by atoms with Crippen molar-refractivity contribution in [2.45, 2.75) is 13.0 Å². The van der Waals surface area contributed by atoms with Gasteiger partial charge in [-0.1, -0.05) is 6.07 Å². The van der Waals surface area contributed by atoms with Gasteiger partial charge in [0.05, 0.1) is 23.6 Å². The molecule has 8 nitrogen and oxygen atoms in total. The van der Waals surface area contributed by atoms with E-state index in [1.807, 2.05) is 0 Å². The summed E-state index contributed by atoms with van der Waals surface area (Å²) in [6.07, 6.45) is 0. The number of ether oxygens (including phenoxy) is 1. The predicted molar refractivity (Wildman–Crippen MR) is 65.5 cm³/mol. The number of benzene rings is 1. The van der Waals surface area contributed by atoms with Crippen molar-refractivity contribution in [2.24, 2.45) is 5.73 Å². The monoisotopic (exact) mass is 264 g/mol. The molecule has 100 valence electrons. The van der Waals surface area contributed by atoms with Crippen LogP contribution in [0.1, 0.15) is 18.9 Å². The second kappa shape index (κ2) is 5.02. The topological polar surface area (TPSA) is 117 Å². The van der Waals surface area contributed by atoms with Gasteiger partial charge in [-0.15, -0.1) is 10.2 Å². The summed E-state index contributed by atoms with van der Waals surface area (Å²) in [5.74, 6) is 0.462. The van der Waals surface area contributed by atoms with Gasteiger partial charge in [-0.3, -0.25) is 10.1 Å². The normalized spacial score (nSPS) is 12.2. The lowest BCUT2D eigenvalue weighted by molar-refractivity contribution is -0.385. The molecule has 0 saturated carbocycles. The van der Waals surface area contributed by atoms with E-state index in [1.54, 1.807) is 13.0 Å². The Balaban J connectivity index is 2.54. The van der Waals surface area contributed by atoms with Crippen molar-refractivity contribution in [1.29, 1.82) is 0 Å². The third kappa shape index (κ3) is 2.38. The Morgan fingerprint density at radius 3 is 2.74 bits per heavy atom. The highest BCUT2D eigenvalue weighted by Crippen LogP contribution is 2.37. The van der Waals surface area contributed by atoms with Crippen LogP contribution in [-0.2, 0) is 0 Å². The van der Waals surface area contributed by atoms with Crippen LogP contribution in [0.2, 0.25) is 0 Å². The summed E-state index contributed by atoms with van der Waals surface area (Å²) in [4.78, 5) is 10.4. The van der Waals surface area contributed by atoms with Gasteiger partial charge in [0, 0.05) is 6.07 Å². The van der Waals surface area contributed by atoms with Crippen LogP contribution >= 0.6 is 0 Å². The van der Waals surface area contributed by atoms with Crippen LogP contribution in [-0.4, -0.2) is 22.2 Å². The Hall–Kier alpha value is -2.48. The van der Waals surface area contributed by atoms with Gasteiger partial charge in [-0.25, -0.2) is 0 Å². The smallest absolute Gasteiger partial charge is 0.311 e. The van der Waals surface area contributed by atoms with Crippen molar-refractivity contribution in [1.82, 2.24) is 10.2 Å². The number of rotatable bonds is 4. The van der Waals surface area contributed by atoms with E-state index < -0.39 is 11.0 Å². The summed E-state index contributed by atoms with van der Waals surface area (Å²) in [6, 6.07) is 4.05. The van der Waals surface area contributed by atoms with Crippen LogP contribution in [0.25, 0.3) is 11.5 Å². The fraction of sp³-hybridized carbons (Fsp3) is 0.273. The third-order valence-corrected chi connectivity index (χ3v) is 2.46. The van der Waals surface area contributed by atoms with Crippen LogP contribution in [0.15, 0.2) is 22.6 Å². The number of aromatic nitrogens is 2. The van der Waals surface area contributed by atoms with E-state index in [1.165, 1.54) is 19.2 Å². The lowest BCUT2D eigenvalue weighted by atomic mass is 10.1. The van der Waals surface area contributed by atoms with Crippen molar-refractivity contribution in [3.8, 4) is 17.2 Å². The molecule has 1 aromatic heterocycles. The molecule has 1 aromatic carbocycles. The molecule has 0 aliphatic rings. The summed E-state index contributed by atoms with van der Waals surface area (Å²) in [5.41, 5.74) is 5.81. The number of methoxy groups -OCH3 is 1. The predicted octanol–water partition coefficient (Wildman–Crippen LogP) is 1.67. The molecule has 8 heteroatoms. The lowest BCUT2D eigenvalue weighted by Crippen LogP contribution is -2.04. The summed E-state index contributed by atoms with van der Waals surface area (Å²) in [5, 5.41) is 18.5. The molecule has 1 heterocycles. The third-order valence-electron chi connectivity index (χ3n) is 2.46. The van der Waals surface area contributed by atoms with Crippen LogP contribution in [0.3, 0.4) is 0 Å². The first-order chi connectivity index (χ1) is 9.04. The number of para-hydroxylation sites is 1. The van der Waals surface area contributed by atoms with Gasteiger partial charge >= 0.3 is 5.69 Å². The van der Waals surface area contributed by atoms with E-state index in [4.69, 9.17) is 14.9 Å². The molecule has 0 radical (unpaired) electrons. The number of nitrogens with zero attached hydrogens (tertiary/aromatic N) is 3. The van der Waals surface area contributed by atoms with E-state index >= 15 is 0 Å². The maximum absolute atomic E-state index is 10.9. The molecule has 0 aliphatic heterocycles. The van der Waals surface area contributed by atoms with Crippen molar-refractivity contribution in [3.63, 3.8) is 0 Å². The average molecular weight is 264 g/mol. The highest BCUT2D eigenvalue weighted by molar-refractivity contribution is 5.69. The van der Waals surface area contributed by atoms with E-state index in [9.17, 15) is 10.1 Å². The zero-order chi connectivity index (χ0) is 14.0. The fourth-order valence-corrected chi connectivity index (χ4v) is 1.58. The van der Waals surface area contributed by atoms with Gasteiger partial charge < -0.3 is 14.9 Å². The molecule has 0 saturated heterocycles. The molecule has 2 N–H and O–H groups in total. The lowest BCUT2D eigenvalue weighted by Gasteiger charge is -2.05. The number of nitro benzene ring substituents is 1. The largest absolute Gasteiger partial charge is 0.490 e. The first-order valence-corrected chi connectivity index (χ1v) is 5.45. The Labute approximate surface area is 108 Å². The number of nitrogens with two attached hydrogens (primary N) is 1. The average Bonchev–Trinajstić information content (AvgIpc) is 2.87. The van der Waals surface area contributed by atoms with Crippen molar-refractivity contribution in [2.75, 3.05) is 7.11 Å². The minimum Gasteiger partial charge on any atom is -0.490 e. The molecule has 0 fully saturated rings. The molecule has 2 aromatic rings. The van der Waals surface area contributed by atoms with Crippen LogP contribution < -0.4 is 10.5 Å². The van der Waals surface area contributed by atoms with Crippen LogP contribution in [0.5, 0.6) is 5.75 Å². The summed E-state index contributed by atoms with van der Waals surface area (Å²) in [6.45, 7) is 1.70. The standard InChI is InChI=1S/C11H12N4O4/c1-6(12)10-13-14-11(19-10)7-4-3-5-8(15(16)17)9(7)18-2/h3-6H,12H2,1-2H3. The summed E-state index contributed by atoms with van der Waals surface area (Å²) in [7, 11) is 1.34. The zero-order valence-electron chi connectivity index (χ0n) is 10.4. The van der Waals surface area contributed by atoms with E-state index in [0.717, 1.165) is 0 Å². The molecule has 19 heavy (non-hydrogen) atoms. The van der Waals surface area contributed by atoms with Crippen LogP contribution in [0, 0.1) is 10.1 Å². The second-order valence-corrected chi connectivity index (χ2v) is 3.85. The molecular formula is C11H12N4O4. The fourth-order valence-electron chi connectivity index (χ4n) is 1.58. The highest BCUT2D eigenvalue weighted by atomic mass is 16.6. The van der Waals surface area contributed by atoms with Crippen molar-refractivity contribution < 1.29 is 14.1 Å². The second-order valence-electron chi connectivity index (χ2n) is 3.85. The van der Waals surface area contributed by atoms with Gasteiger partial charge in [0.25, 0.3) is 5.89 Å². The minimum atomic E-state index is -0.537. The first-order valence-electron chi connectivity index (χ1n) is 5.45. The van der Waals surface area contributed by atoms with Gasteiger partial charge in [0.1, 0.15) is 0 Å². The van der Waals surface area contributed by atoms with Gasteiger partial charge in [-0.2, -0.15) is 0 Å². The van der Waals surface area contributed by atoms with Gasteiger partial charge in [-0.05, 0) is 13.0 Å².